The lowest BCUT2D eigenvalue weighted by Gasteiger charge is -2.21. The third-order valence-corrected chi connectivity index (χ3v) is 3.66. The maximum Gasteiger partial charge on any atom is 0.238 e. The van der Waals surface area contributed by atoms with E-state index in [-0.39, 0.29) is 18.6 Å². The molecule has 0 unspecified atom stereocenters. The highest BCUT2D eigenvalue weighted by atomic mass is 79.9. The van der Waals surface area contributed by atoms with Gasteiger partial charge in [-0.1, -0.05) is 22.0 Å². The van der Waals surface area contributed by atoms with Gasteiger partial charge in [0.25, 0.3) is 0 Å². The second kappa shape index (κ2) is 6.31. The highest BCUT2D eigenvalue weighted by Crippen LogP contribution is 2.18. The number of aliphatic hydroxyl groups excluding tert-OH is 1. The van der Waals surface area contributed by atoms with Crippen molar-refractivity contribution in [3.8, 4) is 0 Å². The van der Waals surface area contributed by atoms with Crippen LogP contribution in [0, 0.1) is 0 Å². The van der Waals surface area contributed by atoms with Crippen molar-refractivity contribution < 1.29 is 9.90 Å². The molecule has 18 heavy (non-hydrogen) atoms. The summed E-state index contributed by atoms with van der Waals surface area (Å²) < 4.78 is 0.940. The van der Waals surface area contributed by atoms with Gasteiger partial charge in [-0.3, -0.25) is 9.69 Å². The minimum atomic E-state index is -0.0338. The summed E-state index contributed by atoms with van der Waals surface area (Å²) in [7, 11) is 0. The van der Waals surface area contributed by atoms with Crippen LogP contribution in [0.25, 0.3) is 0 Å². The fraction of sp³-hybridized carbons (Fsp3) is 0.462. The van der Waals surface area contributed by atoms with Crippen LogP contribution in [-0.4, -0.2) is 41.7 Å². The largest absolute Gasteiger partial charge is 0.395 e. The van der Waals surface area contributed by atoms with E-state index < -0.39 is 0 Å². The highest BCUT2D eigenvalue weighted by Gasteiger charge is 2.25. The van der Waals surface area contributed by atoms with Gasteiger partial charge in [-0.05, 0) is 37.6 Å². The molecule has 1 aromatic rings. The number of carbonyl (C=O) groups is 1. The van der Waals surface area contributed by atoms with Gasteiger partial charge in [0.2, 0.25) is 5.91 Å². The first-order valence-corrected chi connectivity index (χ1v) is 6.88. The normalized spacial score (nSPS) is 20.0. The minimum Gasteiger partial charge on any atom is -0.395 e. The molecule has 2 rings (SSSR count). The Morgan fingerprint density at radius 1 is 1.56 bits per heavy atom. The number of halogens is 1. The zero-order chi connectivity index (χ0) is 13.0. The molecule has 1 aliphatic rings. The van der Waals surface area contributed by atoms with Crippen molar-refractivity contribution in [3.63, 3.8) is 0 Å². The second-order valence-corrected chi connectivity index (χ2v) is 5.42. The van der Waals surface area contributed by atoms with Gasteiger partial charge in [0, 0.05) is 16.2 Å². The summed E-state index contributed by atoms with van der Waals surface area (Å²) >= 11 is 3.37. The first-order chi connectivity index (χ1) is 8.69. The molecule has 1 saturated heterocycles. The fourth-order valence-corrected chi connectivity index (χ4v) is 2.66. The Kier molecular flexibility index (Phi) is 4.74. The molecule has 1 atom stereocenters. The summed E-state index contributed by atoms with van der Waals surface area (Å²) in [5, 5.41) is 12.1. The molecule has 0 saturated carbocycles. The van der Waals surface area contributed by atoms with Crippen molar-refractivity contribution in [2.45, 2.75) is 18.9 Å². The van der Waals surface area contributed by atoms with E-state index in [0.717, 1.165) is 29.5 Å². The number of carbonyl (C=O) groups excluding carboxylic acids is 1. The lowest BCUT2D eigenvalue weighted by atomic mass is 10.2. The van der Waals surface area contributed by atoms with Crippen LogP contribution in [0.5, 0.6) is 0 Å². The SMILES string of the molecule is O=C(CN1CCC[C@H]1CO)Nc1cccc(Br)c1. The molecule has 1 aliphatic heterocycles. The van der Waals surface area contributed by atoms with Crippen molar-refractivity contribution in [3.05, 3.63) is 28.7 Å². The minimum absolute atomic E-state index is 0.0338. The van der Waals surface area contributed by atoms with Gasteiger partial charge in [0.1, 0.15) is 0 Å². The number of nitrogens with zero attached hydrogens (tertiary/aromatic N) is 1. The number of benzene rings is 1. The number of nitrogens with one attached hydrogen (secondary N) is 1. The summed E-state index contributed by atoms with van der Waals surface area (Å²) in [5.74, 6) is -0.0338. The second-order valence-electron chi connectivity index (χ2n) is 4.51. The van der Waals surface area contributed by atoms with Gasteiger partial charge in [-0.25, -0.2) is 0 Å². The van der Waals surface area contributed by atoms with E-state index >= 15 is 0 Å². The highest BCUT2D eigenvalue weighted by molar-refractivity contribution is 9.10. The van der Waals surface area contributed by atoms with Gasteiger partial charge >= 0.3 is 0 Å². The molecule has 98 valence electrons. The first kappa shape index (κ1) is 13.5. The Morgan fingerprint density at radius 3 is 3.11 bits per heavy atom. The maximum atomic E-state index is 11.9. The van der Waals surface area contributed by atoms with E-state index in [1.54, 1.807) is 0 Å². The molecule has 0 radical (unpaired) electrons. The molecule has 1 aromatic carbocycles. The van der Waals surface area contributed by atoms with Crippen LogP contribution in [0.15, 0.2) is 28.7 Å². The molecule has 2 N–H and O–H groups in total. The smallest absolute Gasteiger partial charge is 0.238 e. The molecule has 1 amide bonds. The van der Waals surface area contributed by atoms with Gasteiger partial charge in [0.05, 0.1) is 13.2 Å². The van der Waals surface area contributed by atoms with Crippen molar-refractivity contribution >= 4 is 27.5 Å². The Hall–Kier alpha value is -0.910. The van der Waals surface area contributed by atoms with Crippen LogP contribution in [0.3, 0.4) is 0 Å². The number of aliphatic hydroxyl groups is 1. The van der Waals surface area contributed by atoms with Crippen LogP contribution in [-0.2, 0) is 4.79 Å². The number of amides is 1. The summed E-state index contributed by atoms with van der Waals surface area (Å²) in [6.07, 6.45) is 2.02. The lowest BCUT2D eigenvalue weighted by Crippen LogP contribution is -2.38. The zero-order valence-corrected chi connectivity index (χ0v) is 11.7. The topological polar surface area (TPSA) is 52.6 Å². The summed E-state index contributed by atoms with van der Waals surface area (Å²) in [5.41, 5.74) is 0.786. The average molecular weight is 313 g/mol. The number of rotatable bonds is 4. The van der Waals surface area contributed by atoms with E-state index in [2.05, 4.69) is 21.2 Å². The summed E-state index contributed by atoms with van der Waals surface area (Å²) in [6, 6.07) is 7.66. The van der Waals surface area contributed by atoms with Crippen molar-refractivity contribution in [1.29, 1.82) is 0 Å². The number of anilines is 1. The molecular formula is C13H17BrN2O2. The first-order valence-electron chi connectivity index (χ1n) is 6.09. The van der Waals surface area contributed by atoms with Gasteiger partial charge in [0.15, 0.2) is 0 Å². The van der Waals surface area contributed by atoms with Crippen LogP contribution in [0.1, 0.15) is 12.8 Å². The van der Waals surface area contributed by atoms with Gasteiger partial charge < -0.3 is 10.4 Å². The van der Waals surface area contributed by atoms with E-state index in [0.29, 0.717) is 6.54 Å². The van der Waals surface area contributed by atoms with Crippen LogP contribution in [0.4, 0.5) is 5.69 Å². The monoisotopic (exact) mass is 312 g/mol. The fourth-order valence-electron chi connectivity index (χ4n) is 2.26. The Balaban J connectivity index is 1.89. The van der Waals surface area contributed by atoms with E-state index in [4.69, 9.17) is 0 Å². The van der Waals surface area contributed by atoms with Crippen LogP contribution < -0.4 is 5.32 Å². The molecule has 0 aromatic heterocycles. The van der Waals surface area contributed by atoms with Crippen molar-refractivity contribution in [2.75, 3.05) is 25.0 Å². The maximum absolute atomic E-state index is 11.9. The van der Waals surface area contributed by atoms with E-state index in [1.165, 1.54) is 0 Å². The molecule has 0 bridgehead atoms. The Bertz CT molecular complexity index is 425. The Labute approximate surface area is 115 Å². The van der Waals surface area contributed by atoms with Crippen molar-refractivity contribution in [1.82, 2.24) is 4.90 Å². The van der Waals surface area contributed by atoms with Crippen LogP contribution in [0.2, 0.25) is 0 Å². The summed E-state index contributed by atoms with van der Waals surface area (Å²) in [6.45, 7) is 1.36. The molecular weight excluding hydrogens is 296 g/mol. The molecule has 1 fully saturated rings. The third-order valence-electron chi connectivity index (χ3n) is 3.16. The van der Waals surface area contributed by atoms with E-state index in [9.17, 15) is 9.90 Å². The van der Waals surface area contributed by atoms with Gasteiger partial charge in [-0.15, -0.1) is 0 Å². The number of likely N-dealkylation sites (tertiary alicyclic amines) is 1. The number of hydrogen-bond donors (Lipinski definition) is 2. The summed E-state index contributed by atoms with van der Waals surface area (Å²) in [4.78, 5) is 13.9. The lowest BCUT2D eigenvalue weighted by molar-refractivity contribution is -0.117. The van der Waals surface area contributed by atoms with Gasteiger partial charge in [-0.2, -0.15) is 0 Å². The molecule has 4 nitrogen and oxygen atoms in total. The average Bonchev–Trinajstić information content (AvgIpc) is 2.76. The van der Waals surface area contributed by atoms with Crippen molar-refractivity contribution in [2.24, 2.45) is 0 Å². The Morgan fingerprint density at radius 2 is 2.39 bits per heavy atom. The van der Waals surface area contributed by atoms with Crippen LogP contribution >= 0.6 is 15.9 Å². The molecule has 1 heterocycles. The molecule has 0 aliphatic carbocycles. The zero-order valence-electron chi connectivity index (χ0n) is 10.1. The predicted octanol–water partition coefficient (Wildman–Crippen LogP) is 1.84. The predicted molar refractivity (Wildman–Crippen MR) is 74.5 cm³/mol. The molecule has 5 heteroatoms. The quantitative estimate of drug-likeness (QED) is 0.892. The standard InChI is InChI=1S/C13H17BrN2O2/c14-10-3-1-4-11(7-10)15-13(18)8-16-6-2-5-12(16)9-17/h1,3-4,7,12,17H,2,5-6,8-9H2,(H,15,18)/t12-/m0/s1. The van der Waals surface area contributed by atoms with E-state index in [1.807, 2.05) is 29.2 Å². The third kappa shape index (κ3) is 3.54. The number of hydrogen-bond acceptors (Lipinski definition) is 3. The molecule has 0 spiro atoms.